The molecule has 0 heterocycles. The molecule has 0 bridgehead atoms. The van der Waals surface area contributed by atoms with Gasteiger partial charge in [-0.25, -0.2) is 0 Å². The van der Waals surface area contributed by atoms with Crippen molar-refractivity contribution >= 4 is 35.0 Å². The Balaban J connectivity index is 2.63. The molecule has 1 unspecified atom stereocenters. The molecule has 0 amide bonds. The zero-order chi connectivity index (χ0) is 14.3. The van der Waals surface area contributed by atoms with Gasteiger partial charge >= 0.3 is 0 Å². The van der Waals surface area contributed by atoms with Crippen LogP contribution in [0, 0.1) is 0 Å². The largest absolute Gasteiger partial charge is 0.313 e. The maximum Gasteiger partial charge on any atom is 0.0453 e. The van der Waals surface area contributed by atoms with Crippen molar-refractivity contribution in [2.24, 2.45) is 0 Å². The summed E-state index contributed by atoms with van der Waals surface area (Å²) in [4.78, 5) is 0. The lowest BCUT2D eigenvalue weighted by Crippen LogP contribution is -2.34. The molecule has 0 aliphatic heterocycles. The molecular weight excluding hydrogens is 297 g/mol. The van der Waals surface area contributed by atoms with Gasteiger partial charge in [0.1, 0.15) is 0 Å². The highest BCUT2D eigenvalue weighted by Gasteiger charge is 2.12. The van der Waals surface area contributed by atoms with E-state index in [2.05, 4.69) is 26.1 Å². The summed E-state index contributed by atoms with van der Waals surface area (Å²) in [6.45, 7) is 7.71. The average Bonchev–Trinajstić information content (AvgIpc) is 2.35. The standard InChI is InChI=1S/C15H23Cl2NS/c1-4-7-18-14(10-19-11(2)3)8-12-5-6-13(16)9-15(12)17/h5-6,9,11,14,18H,4,7-8,10H2,1-3H3. The van der Waals surface area contributed by atoms with E-state index in [9.17, 15) is 0 Å². The van der Waals surface area contributed by atoms with Crippen molar-refractivity contribution in [1.82, 2.24) is 5.32 Å². The molecule has 1 aromatic carbocycles. The third-order valence-electron chi connectivity index (χ3n) is 2.80. The Bertz CT molecular complexity index is 382. The lowest BCUT2D eigenvalue weighted by Gasteiger charge is -2.20. The zero-order valence-electron chi connectivity index (χ0n) is 11.9. The lowest BCUT2D eigenvalue weighted by atomic mass is 10.1. The van der Waals surface area contributed by atoms with Crippen LogP contribution in [0.1, 0.15) is 32.8 Å². The second kappa shape index (κ2) is 9.12. The Kier molecular flexibility index (Phi) is 8.24. The molecule has 0 saturated heterocycles. The molecule has 0 radical (unpaired) electrons. The normalized spacial score (nSPS) is 12.9. The van der Waals surface area contributed by atoms with E-state index in [-0.39, 0.29) is 0 Å². The van der Waals surface area contributed by atoms with Gasteiger partial charge in [0.2, 0.25) is 0 Å². The van der Waals surface area contributed by atoms with E-state index in [1.807, 2.05) is 30.0 Å². The van der Waals surface area contributed by atoms with Gasteiger partial charge in [-0.2, -0.15) is 11.8 Å². The van der Waals surface area contributed by atoms with Gasteiger partial charge in [0.05, 0.1) is 0 Å². The molecule has 108 valence electrons. The van der Waals surface area contributed by atoms with Crippen molar-refractivity contribution in [3.8, 4) is 0 Å². The van der Waals surface area contributed by atoms with Crippen LogP contribution < -0.4 is 5.32 Å². The summed E-state index contributed by atoms with van der Waals surface area (Å²) in [6, 6.07) is 6.23. The van der Waals surface area contributed by atoms with Crippen molar-refractivity contribution in [3.05, 3.63) is 33.8 Å². The van der Waals surface area contributed by atoms with E-state index in [0.29, 0.717) is 16.3 Å². The summed E-state index contributed by atoms with van der Waals surface area (Å²) in [6.07, 6.45) is 2.10. The van der Waals surface area contributed by atoms with E-state index in [1.165, 1.54) is 5.56 Å². The summed E-state index contributed by atoms with van der Waals surface area (Å²) in [7, 11) is 0. The first kappa shape index (κ1) is 17.2. The van der Waals surface area contributed by atoms with Crippen LogP contribution in [0.4, 0.5) is 0 Å². The summed E-state index contributed by atoms with van der Waals surface area (Å²) >= 11 is 14.2. The van der Waals surface area contributed by atoms with Gasteiger partial charge in [0, 0.05) is 21.8 Å². The summed E-state index contributed by atoms with van der Waals surface area (Å²) in [5.41, 5.74) is 1.17. The highest BCUT2D eigenvalue weighted by atomic mass is 35.5. The summed E-state index contributed by atoms with van der Waals surface area (Å²) in [5, 5.41) is 5.73. The Morgan fingerprint density at radius 3 is 2.58 bits per heavy atom. The van der Waals surface area contributed by atoms with Crippen LogP contribution in [-0.2, 0) is 6.42 Å². The van der Waals surface area contributed by atoms with Crippen LogP contribution in [0.2, 0.25) is 10.0 Å². The van der Waals surface area contributed by atoms with Crippen molar-refractivity contribution in [2.75, 3.05) is 12.3 Å². The highest BCUT2D eigenvalue weighted by Crippen LogP contribution is 2.23. The van der Waals surface area contributed by atoms with E-state index in [1.54, 1.807) is 0 Å². The number of hydrogen-bond acceptors (Lipinski definition) is 2. The molecular formula is C15H23Cl2NS. The van der Waals surface area contributed by atoms with Crippen LogP contribution in [0.3, 0.4) is 0 Å². The summed E-state index contributed by atoms with van der Waals surface area (Å²) in [5.74, 6) is 1.11. The van der Waals surface area contributed by atoms with E-state index in [0.717, 1.165) is 30.2 Å². The SMILES string of the molecule is CCCNC(CSC(C)C)Cc1ccc(Cl)cc1Cl. The molecule has 1 nitrogen and oxygen atoms in total. The predicted molar refractivity (Wildman–Crippen MR) is 89.8 cm³/mol. The molecule has 1 N–H and O–H groups in total. The average molecular weight is 320 g/mol. The quantitative estimate of drug-likeness (QED) is 0.720. The Morgan fingerprint density at radius 1 is 1.26 bits per heavy atom. The number of rotatable bonds is 8. The molecule has 19 heavy (non-hydrogen) atoms. The summed E-state index contributed by atoms with van der Waals surface area (Å²) < 4.78 is 0. The molecule has 0 aliphatic carbocycles. The Hall–Kier alpha value is 0.110. The second-order valence-corrected chi connectivity index (χ2v) is 7.43. The third kappa shape index (κ3) is 6.89. The zero-order valence-corrected chi connectivity index (χ0v) is 14.2. The van der Waals surface area contributed by atoms with Crippen LogP contribution >= 0.6 is 35.0 Å². The van der Waals surface area contributed by atoms with Gasteiger partial charge in [-0.1, -0.05) is 50.0 Å². The number of nitrogens with one attached hydrogen (secondary N) is 1. The molecule has 1 aromatic rings. The van der Waals surface area contributed by atoms with Crippen LogP contribution in [0.15, 0.2) is 18.2 Å². The highest BCUT2D eigenvalue weighted by molar-refractivity contribution is 7.99. The minimum atomic E-state index is 0.464. The molecule has 0 aliphatic rings. The maximum absolute atomic E-state index is 6.25. The molecule has 4 heteroatoms. The van der Waals surface area contributed by atoms with Crippen molar-refractivity contribution in [1.29, 1.82) is 0 Å². The minimum absolute atomic E-state index is 0.464. The number of benzene rings is 1. The van der Waals surface area contributed by atoms with Gasteiger partial charge in [0.25, 0.3) is 0 Å². The lowest BCUT2D eigenvalue weighted by molar-refractivity contribution is 0.550. The first-order chi connectivity index (χ1) is 9.02. The van der Waals surface area contributed by atoms with Crippen LogP contribution in [0.25, 0.3) is 0 Å². The van der Waals surface area contributed by atoms with Crippen LogP contribution in [-0.4, -0.2) is 23.6 Å². The molecule has 0 spiro atoms. The number of halogens is 2. The van der Waals surface area contributed by atoms with Gasteiger partial charge in [-0.3, -0.25) is 0 Å². The molecule has 1 atom stereocenters. The second-order valence-electron chi connectivity index (χ2n) is 4.97. The smallest absolute Gasteiger partial charge is 0.0453 e. The fourth-order valence-corrected chi connectivity index (χ4v) is 3.14. The molecule has 0 saturated carbocycles. The number of thioether (sulfide) groups is 1. The molecule has 0 aromatic heterocycles. The topological polar surface area (TPSA) is 12.0 Å². The van der Waals surface area contributed by atoms with Gasteiger partial charge in [0.15, 0.2) is 0 Å². The van der Waals surface area contributed by atoms with Gasteiger partial charge in [-0.15, -0.1) is 0 Å². The van der Waals surface area contributed by atoms with Crippen molar-refractivity contribution in [2.45, 2.75) is 44.9 Å². The van der Waals surface area contributed by atoms with Crippen molar-refractivity contribution < 1.29 is 0 Å². The van der Waals surface area contributed by atoms with E-state index in [4.69, 9.17) is 23.2 Å². The first-order valence-electron chi connectivity index (χ1n) is 6.81. The predicted octanol–water partition coefficient (Wildman–Crippen LogP) is 5.05. The minimum Gasteiger partial charge on any atom is -0.313 e. The van der Waals surface area contributed by atoms with Crippen LogP contribution in [0.5, 0.6) is 0 Å². The molecule has 0 fully saturated rings. The monoisotopic (exact) mass is 319 g/mol. The fourth-order valence-electron chi connectivity index (χ4n) is 1.80. The fraction of sp³-hybridized carbons (Fsp3) is 0.600. The third-order valence-corrected chi connectivity index (χ3v) is 4.64. The van der Waals surface area contributed by atoms with E-state index < -0.39 is 0 Å². The Morgan fingerprint density at radius 2 is 2.00 bits per heavy atom. The molecule has 1 rings (SSSR count). The number of hydrogen-bond donors (Lipinski definition) is 1. The van der Waals surface area contributed by atoms with Crippen molar-refractivity contribution in [3.63, 3.8) is 0 Å². The van der Waals surface area contributed by atoms with E-state index >= 15 is 0 Å². The van der Waals surface area contributed by atoms with Gasteiger partial charge < -0.3 is 5.32 Å². The Labute approximate surface area is 131 Å². The first-order valence-corrected chi connectivity index (χ1v) is 8.62. The van der Waals surface area contributed by atoms with Gasteiger partial charge in [-0.05, 0) is 42.3 Å². The maximum atomic E-state index is 6.25.